The summed E-state index contributed by atoms with van der Waals surface area (Å²) in [6, 6.07) is 16.6. The van der Waals surface area contributed by atoms with Crippen molar-refractivity contribution in [2.75, 3.05) is 18.4 Å². The van der Waals surface area contributed by atoms with Crippen LogP contribution >= 0.6 is 34.5 Å². The Morgan fingerprint density at radius 1 is 0.881 bits per heavy atom. The number of ether oxygens (including phenoxy) is 1. The van der Waals surface area contributed by atoms with E-state index < -0.39 is 37.3 Å². The summed E-state index contributed by atoms with van der Waals surface area (Å²) in [6.07, 6.45) is 0. The number of nitro groups is 2. The Morgan fingerprint density at radius 2 is 1.57 bits per heavy atom. The van der Waals surface area contributed by atoms with Gasteiger partial charge in [0.25, 0.3) is 0 Å². The third kappa shape index (κ3) is 7.71. The maximum Gasteiger partial charge on any atom is 0.349 e. The van der Waals surface area contributed by atoms with Crippen LogP contribution in [0, 0.1) is 20.2 Å². The predicted molar refractivity (Wildman–Crippen MR) is 158 cm³/mol. The van der Waals surface area contributed by atoms with Crippen molar-refractivity contribution in [2.24, 2.45) is 0 Å². The van der Waals surface area contributed by atoms with Crippen LogP contribution in [0.5, 0.6) is 11.5 Å². The SMILES string of the molecule is O=C(NCCNS(=O)(=O)c1ccc(-c2ccccc2Oc2ccc([N+](=O)[O-])c([N+](=O)[O-])c2)s1)Nc1cc(Cl)cc(Cl)c1. The molecule has 1 heterocycles. The zero-order valence-corrected chi connectivity index (χ0v) is 24.2. The fourth-order valence-corrected chi connectivity index (χ4v) is 6.54. The van der Waals surface area contributed by atoms with Gasteiger partial charge in [-0.2, -0.15) is 0 Å². The summed E-state index contributed by atoms with van der Waals surface area (Å²) in [4.78, 5) is 33.3. The van der Waals surface area contributed by atoms with Gasteiger partial charge in [-0.3, -0.25) is 20.2 Å². The monoisotopic (exact) mass is 651 g/mol. The van der Waals surface area contributed by atoms with Crippen molar-refractivity contribution in [3.63, 3.8) is 0 Å². The van der Waals surface area contributed by atoms with E-state index in [-0.39, 0.29) is 28.8 Å². The molecule has 0 aliphatic carbocycles. The van der Waals surface area contributed by atoms with Crippen LogP contribution in [-0.2, 0) is 10.0 Å². The highest BCUT2D eigenvalue weighted by molar-refractivity contribution is 7.91. The molecule has 218 valence electrons. The lowest BCUT2D eigenvalue weighted by atomic mass is 10.1. The van der Waals surface area contributed by atoms with E-state index >= 15 is 0 Å². The lowest BCUT2D eigenvalue weighted by molar-refractivity contribution is -0.422. The predicted octanol–water partition coefficient (Wildman–Crippen LogP) is 6.43. The van der Waals surface area contributed by atoms with Gasteiger partial charge in [-0.15, -0.1) is 11.3 Å². The molecule has 13 nitrogen and oxygen atoms in total. The summed E-state index contributed by atoms with van der Waals surface area (Å²) >= 11 is 12.8. The molecule has 0 aliphatic rings. The third-order valence-corrected chi connectivity index (χ3v) is 8.90. The molecule has 0 saturated carbocycles. The van der Waals surface area contributed by atoms with Crippen molar-refractivity contribution in [3.05, 3.63) is 103 Å². The molecule has 0 radical (unpaired) electrons. The summed E-state index contributed by atoms with van der Waals surface area (Å²) < 4.78 is 33.9. The van der Waals surface area contributed by atoms with Crippen LogP contribution in [0.4, 0.5) is 21.9 Å². The Morgan fingerprint density at radius 3 is 2.26 bits per heavy atom. The molecule has 3 aromatic carbocycles. The topological polar surface area (TPSA) is 183 Å². The van der Waals surface area contributed by atoms with Crippen molar-refractivity contribution >= 4 is 67.7 Å². The van der Waals surface area contributed by atoms with Gasteiger partial charge in [-0.1, -0.05) is 35.3 Å². The molecule has 3 N–H and O–H groups in total. The highest BCUT2D eigenvalue weighted by Gasteiger charge is 2.25. The molecule has 0 spiro atoms. The summed E-state index contributed by atoms with van der Waals surface area (Å²) in [7, 11) is -3.93. The molecule has 4 aromatic rings. The van der Waals surface area contributed by atoms with E-state index in [1.165, 1.54) is 30.3 Å². The van der Waals surface area contributed by atoms with Gasteiger partial charge in [0.2, 0.25) is 10.0 Å². The minimum atomic E-state index is -3.93. The number of halogens is 2. The number of nitro benzene ring substituents is 2. The second-order valence-corrected chi connectivity index (χ2v) is 12.3. The molecule has 0 unspecified atom stereocenters. The van der Waals surface area contributed by atoms with Crippen LogP contribution in [-0.4, -0.2) is 37.4 Å². The van der Waals surface area contributed by atoms with Gasteiger partial charge in [0.1, 0.15) is 15.7 Å². The number of benzene rings is 3. The van der Waals surface area contributed by atoms with Gasteiger partial charge in [-0.25, -0.2) is 17.9 Å². The fourth-order valence-electron chi connectivity index (χ4n) is 3.60. The number of carbonyl (C=O) groups is 1. The zero-order chi connectivity index (χ0) is 30.4. The quantitative estimate of drug-likeness (QED) is 0.0941. The highest BCUT2D eigenvalue weighted by Crippen LogP contribution is 2.40. The van der Waals surface area contributed by atoms with E-state index in [0.717, 1.165) is 23.5 Å². The minimum absolute atomic E-state index is 0.00343. The van der Waals surface area contributed by atoms with Crippen LogP contribution in [0.2, 0.25) is 10.0 Å². The van der Waals surface area contributed by atoms with Gasteiger partial charge >= 0.3 is 17.4 Å². The maximum atomic E-state index is 12.8. The zero-order valence-electron chi connectivity index (χ0n) is 21.1. The molecule has 0 aliphatic heterocycles. The van der Waals surface area contributed by atoms with Crippen molar-refractivity contribution in [1.29, 1.82) is 0 Å². The first-order chi connectivity index (χ1) is 19.9. The smallest absolute Gasteiger partial charge is 0.349 e. The average Bonchev–Trinajstić information content (AvgIpc) is 3.42. The van der Waals surface area contributed by atoms with Crippen LogP contribution in [0.25, 0.3) is 10.4 Å². The summed E-state index contributed by atoms with van der Waals surface area (Å²) in [6.45, 7) is -0.118. The number of amides is 2. The first-order valence-electron chi connectivity index (χ1n) is 11.7. The van der Waals surface area contributed by atoms with Gasteiger partial charge in [0.05, 0.1) is 15.9 Å². The molecular weight excluding hydrogens is 633 g/mol. The van der Waals surface area contributed by atoms with Crippen molar-refractivity contribution in [1.82, 2.24) is 10.0 Å². The summed E-state index contributed by atoms with van der Waals surface area (Å²) in [5.74, 6) is 0.233. The third-order valence-electron chi connectivity index (χ3n) is 5.39. The molecule has 17 heteroatoms. The first kappa shape index (κ1) is 30.7. The highest BCUT2D eigenvalue weighted by atomic mass is 35.5. The van der Waals surface area contributed by atoms with Gasteiger partial charge < -0.3 is 15.4 Å². The number of urea groups is 1. The van der Waals surface area contributed by atoms with E-state index in [0.29, 0.717) is 26.2 Å². The number of nitrogens with zero attached hydrogens (tertiary/aromatic N) is 2. The van der Waals surface area contributed by atoms with E-state index in [4.69, 9.17) is 27.9 Å². The minimum Gasteiger partial charge on any atom is -0.456 e. The molecule has 1 aromatic heterocycles. The number of hydrogen-bond acceptors (Lipinski definition) is 9. The summed E-state index contributed by atoms with van der Waals surface area (Å²) in [5.41, 5.74) is -0.549. The number of nitrogens with one attached hydrogen (secondary N) is 3. The fraction of sp³-hybridized carbons (Fsp3) is 0.0800. The van der Waals surface area contributed by atoms with E-state index in [9.17, 15) is 33.4 Å². The van der Waals surface area contributed by atoms with E-state index in [1.807, 2.05) is 0 Å². The molecule has 2 amide bonds. The molecule has 0 saturated heterocycles. The Labute approximate surface area is 252 Å². The number of hydrogen-bond donors (Lipinski definition) is 3. The van der Waals surface area contributed by atoms with Crippen LogP contribution in [0.1, 0.15) is 0 Å². The van der Waals surface area contributed by atoms with Crippen LogP contribution < -0.4 is 20.1 Å². The molecule has 42 heavy (non-hydrogen) atoms. The van der Waals surface area contributed by atoms with Crippen molar-refractivity contribution < 1.29 is 27.8 Å². The first-order valence-corrected chi connectivity index (χ1v) is 14.8. The molecule has 4 rings (SSSR count). The normalized spacial score (nSPS) is 11.1. The van der Waals surface area contributed by atoms with Crippen LogP contribution in [0.15, 0.2) is 77.0 Å². The Balaban J connectivity index is 1.40. The average molecular weight is 652 g/mol. The Hall–Kier alpha value is -4.28. The second-order valence-electron chi connectivity index (χ2n) is 8.32. The number of rotatable bonds is 11. The molecular formula is C25H19Cl2N5O8S2. The van der Waals surface area contributed by atoms with Gasteiger partial charge in [0, 0.05) is 45.3 Å². The van der Waals surface area contributed by atoms with Gasteiger partial charge in [-0.05, 0) is 48.5 Å². The van der Waals surface area contributed by atoms with Crippen molar-refractivity contribution in [3.8, 4) is 21.9 Å². The van der Waals surface area contributed by atoms with E-state index in [2.05, 4.69) is 15.4 Å². The number of carbonyl (C=O) groups excluding carboxylic acids is 1. The number of sulfonamides is 1. The molecule has 0 fully saturated rings. The molecule has 0 bridgehead atoms. The van der Waals surface area contributed by atoms with Crippen LogP contribution in [0.3, 0.4) is 0 Å². The lowest BCUT2D eigenvalue weighted by Crippen LogP contribution is -2.36. The second kappa shape index (κ2) is 13.1. The number of anilines is 1. The summed E-state index contributed by atoms with van der Waals surface area (Å²) in [5, 5.41) is 28.1. The Kier molecular flexibility index (Phi) is 9.59. The Bertz CT molecular complexity index is 1760. The largest absolute Gasteiger partial charge is 0.456 e. The number of para-hydroxylation sites is 1. The van der Waals surface area contributed by atoms with Crippen molar-refractivity contribution in [2.45, 2.75) is 4.21 Å². The lowest BCUT2D eigenvalue weighted by Gasteiger charge is -2.10. The number of thiophene rings is 1. The molecule has 0 atom stereocenters. The van der Waals surface area contributed by atoms with E-state index in [1.54, 1.807) is 30.3 Å². The van der Waals surface area contributed by atoms with Gasteiger partial charge in [0.15, 0.2) is 0 Å². The maximum absolute atomic E-state index is 12.8. The standard InChI is InChI=1S/C25H19Cl2N5O8S2/c26-15-11-16(27)13-17(12-15)30-25(33)28-9-10-29-42(38,39)24-8-7-23(41-24)19-3-1-2-4-22(19)40-18-5-6-20(31(34)35)21(14-18)32(36)37/h1-8,11-14,29H,9-10H2,(H2,28,30,33).